The number of hydrogen-bond donors (Lipinski definition) is 0. The standard InChI is InChI=1S/C19H14BrIN4O3S/c1-3-8-29-19-22-17-15(23-24-19)11-6-4-5-7-13(11)25(10(2)26)18(28-17)14-9-12(20)16(21)27-14/h3-7,9,18H,1,8H2,2H3/t18-/m0/s1. The van der Waals surface area contributed by atoms with Crippen LogP contribution in [0.25, 0.3) is 11.3 Å². The van der Waals surface area contributed by atoms with E-state index in [1.807, 2.05) is 24.3 Å². The van der Waals surface area contributed by atoms with Gasteiger partial charge in [0.2, 0.25) is 23.2 Å². The van der Waals surface area contributed by atoms with Gasteiger partial charge in [0.1, 0.15) is 0 Å². The van der Waals surface area contributed by atoms with E-state index in [1.165, 1.54) is 23.6 Å². The maximum absolute atomic E-state index is 12.7. The highest BCUT2D eigenvalue weighted by atomic mass is 127. The van der Waals surface area contributed by atoms with E-state index in [-0.39, 0.29) is 11.8 Å². The Morgan fingerprint density at radius 2 is 2.21 bits per heavy atom. The second kappa shape index (κ2) is 8.44. The van der Waals surface area contributed by atoms with Crippen molar-refractivity contribution in [1.29, 1.82) is 0 Å². The Kier molecular flexibility index (Phi) is 5.93. The van der Waals surface area contributed by atoms with Crippen molar-refractivity contribution < 1.29 is 13.9 Å². The molecular weight excluding hydrogens is 571 g/mol. The van der Waals surface area contributed by atoms with Crippen molar-refractivity contribution in [3.05, 3.63) is 57.0 Å². The lowest BCUT2D eigenvalue weighted by Crippen LogP contribution is -2.35. The number of anilines is 1. The summed E-state index contributed by atoms with van der Waals surface area (Å²) in [6.45, 7) is 5.19. The van der Waals surface area contributed by atoms with Crippen molar-refractivity contribution in [3.8, 4) is 17.1 Å². The Hall–Kier alpha value is -1.92. The van der Waals surface area contributed by atoms with E-state index in [1.54, 1.807) is 12.1 Å². The van der Waals surface area contributed by atoms with Gasteiger partial charge in [0.15, 0.2) is 15.2 Å². The van der Waals surface area contributed by atoms with E-state index >= 15 is 0 Å². The zero-order valence-electron chi connectivity index (χ0n) is 15.1. The van der Waals surface area contributed by atoms with Gasteiger partial charge in [-0.25, -0.2) is 0 Å². The summed E-state index contributed by atoms with van der Waals surface area (Å²) in [6, 6.07) is 9.22. The average molecular weight is 585 g/mol. The summed E-state index contributed by atoms with van der Waals surface area (Å²) in [7, 11) is 0. The third-order valence-corrected chi connectivity index (χ3v) is 7.05. The van der Waals surface area contributed by atoms with E-state index in [0.717, 1.165) is 4.47 Å². The second-order valence-electron chi connectivity index (χ2n) is 5.99. The number of carbonyl (C=O) groups is 1. The summed E-state index contributed by atoms with van der Waals surface area (Å²) >= 11 is 6.92. The Labute approximate surface area is 193 Å². The molecule has 1 aromatic carbocycles. The van der Waals surface area contributed by atoms with Crippen LogP contribution in [0.3, 0.4) is 0 Å². The zero-order valence-corrected chi connectivity index (χ0v) is 19.7. The smallest absolute Gasteiger partial charge is 0.247 e. The zero-order chi connectivity index (χ0) is 20.5. The molecule has 7 nitrogen and oxygen atoms in total. The number of para-hydroxylation sites is 1. The summed E-state index contributed by atoms with van der Waals surface area (Å²) in [5.74, 6) is 1.20. The molecule has 0 saturated carbocycles. The molecule has 148 valence electrons. The highest BCUT2D eigenvalue weighted by Gasteiger charge is 2.36. The van der Waals surface area contributed by atoms with Crippen LogP contribution in [0.1, 0.15) is 18.9 Å². The molecule has 3 heterocycles. The first-order valence-corrected chi connectivity index (χ1v) is 11.3. The molecule has 2 aromatic heterocycles. The predicted molar refractivity (Wildman–Crippen MR) is 122 cm³/mol. The molecule has 0 N–H and O–H groups in total. The minimum Gasteiger partial charge on any atom is -0.448 e. The Bertz CT molecular complexity index is 1090. The Balaban J connectivity index is 1.91. The van der Waals surface area contributed by atoms with Gasteiger partial charge in [0.05, 0.1) is 10.2 Å². The highest BCUT2D eigenvalue weighted by Crippen LogP contribution is 2.44. The van der Waals surface area contributed by atoms with Crippen LogP contribution < -0.4 is 9.64 Å². The summed E-state index contributed by atoms with van der Waals surface area (Å²) < 4.78 is 13.5. The largest absolute Gasteiger partial charge is 0.448 e. The minimum absolute atomic E-state index is 0.202. The van der Waals surface area contributed by atoms with Crippen molar-refractivity contribution in [2.75, 3.05) is 10.7 Å². The van der Waals surface area contributed by atoms with Gasteiger partial charge >= 0.3 is 0 Å². The maximum atomic E-state index is 12.7. The van der Waals surface area contributed by atoms with Crippen LogP contribution >= 0.6 is 50.3 Å². The maximum Gasteiger partial charge on any atom is 0.247 e. The number of rotatable bonds is 4. The first kappa shape index (κ1) is 20.4. The van der Waals surface area contributed by atoms with E-state index in [0.29, 0.717) is 37.4 Å². The van der Waals surface area contributed by atoms with Gasteiger partial charge in [-0.3, -0.25) is 9.69 Å². The number of halogens is 2. The normalized spacial score (nSPS) is 15.1. The third-order valence-electron chi connectivity index (χ3n) is 4.09. The van der Waals surface area contributed by atoms with Crippen molar-refractivity contribution >= 4 is 61.9 Å². The van der Waals surface area contributed by atoms with Crippen LogP contribution in [-0.4, -0.2) is 26.8 Å². The fourth-order valence-corrected chi connectivity index (χ4v) is 4.15. The van der Waals surface area contributed by atoms with Gasteiger partial charge in [0, 0.05) is 46.9 Å². The van der Waals surface area contributed by atoms with Crippen molar-refractivity contribution in [2.24, 2.45) is 0 Å². The van der Waals surface area contributed by atoms with Crippen LogP contribution in [0.4, 0.5) is 5.69 Å². The SMILES string of the molecule is C=CCSc1nnc2c(n1)O[C@@H](c1cc(Br)c(I)o1)N(C(C)=O)c1ccccc1-2. The Morgan fingerprint density at radius 3 is 2.90 bits per heavy atom. The third kappa shape index (κ3) is 3.92. The number of nitrogens with zero attached hydrogens (tertiary/aromatic N) is 4. The summed E-state index contributed by atoms with van der Waals surface area (Å²) in [6.07, 6.45) is 0.919. The number of ether oxygens (including phenoxy) is 1. The molecule has 0 unspecified atom stereocenters. The van der Waals surface area contributed by atoms with Gasteiger partial charge in [-0.1, -0.05) is 36.0 Å². The van der Waals surface area contributed by atoms with Gasteiger partial charge in [-0.05, 0) is 22.0 Å². The molecule has 0 spiro atoms. The molecule has 1 atom stereocenters. The van der Waals surface area contributed by atoms with Crippen LogP contribution in [0, 0.1) is 3.77 Å². The first-order valence-electron chi connectivity index (χ1n) is 8.48. The predicted octanol–water partition coefficient (Wildman–Crippen LogP) is 5.22. The molecular formula is C19H14BrIN4O3S. The highest BCUT2D eigenvalue weighted by molar-refractivity contribution is 14.1. The molecule has 0 radical (unpaired) electrons. The van der Waals surface area contributed by atoms with Crippen LogP contribution in [0.2, 0.25) is 0 Å². The molecule has 0 saturated heterocycles. The summed E-state index contributed by atoms with van der Waals surface area (Å²) in [5, 5.41) is 9.00. The van der Waals surface area contributed by atoms with Gasteiger partial charge in [0.25, 0.3) is 0 Å². The molecule has 3 aromatic rings. The number of amides is 1. The number of carbonyl (C=O) groups excluding carboxylic acids is 1. The van der Waals surface area contributed by atoms with Crippen molar-refractivity contribution in [1.82, 2.24) is 15.2 Å². The summed E-state index contributed by atoms with van der Waals surface area (Å²) in [5.41, 5.74) is 1.83. The minimum atomic E-state index is -0.844. The van der Waals surface area contributed by atoms with Gasteiger partial charge in [-0.15, -0.1) is 16.8 Å². The molecule has 29 heavy (non-hydrogen) atoms. The average Bonchev–Trinajstić information content (AvgIpc) is 2.96. The fraction of sp³-hybridized carbons (Fsp3) is 0.158. The number of fused-ring (bicyclic) bond motifs is 3. The fourth-order valence-electron chi connectivity index (χ4n) is 2.92. The number of hydrogen-bond acceptors (Lipinski definition) is 7. The molecule has 10 heteroatoms. The van der Waals surface area contributed by atoms with E-state index < -0.39 is 6.23 Å². The van der Waals surface area contributed by atoms with Crippen molar-refractivity contribution in [3.63, 3.8) is 0 Å². The van der Waals surface area contributed by atoms with Gasteiger partial charge in [-0.2, -0.15) is 4.98 Å². The molecule has 1 aliphatic rings. The quantitative estimate of drug-likeness (QED) is 0.236. The Morgan fingerprint density at radius 1 is 1.41 bits per heavy atom. The number of benzene rings is 1. The van der Waals surface area contributed by atoms with Crippen LogP contribution in [0.15, 0.2) is 57.0 Å². The monoisotopic (exact) mass is 584 g/mol. The lowest BCUT2D eigenvalue weighted by molar-refractivity contribution is -0.118. The van der Waals surface area contributed by atoms with E-state index in [4.69, 9.17) is 9.15 Å². The van der Waals surface area contributed by atoms with Crippen LogP contribution in [-0.2, 0) is 4.79 Å². The lowest BCUT2D eigenvalue weighted by atomic mass is 10.1. The van der Waals surface area contributed by atoms with Gasteiger partial charge < -0.3 is 9.15 Å². The molecule has 0 bridgehead atoms. The first-order chi connectivity index (χ1) is 14.0. The number of aromatic nitrogens is 3. The summed E-state index contributed by atoms with van der Waals surface area (Å²) in [4.78, 5) is 18.7. The molecule has 1 amide bonds. The lowest BCUT2D eigenvalue weighted by Gasteiger charge is -2.28. The van der Waals surface area contributed by atoms with Crippen molar-refractivity contribution in [2.45, 2.75) is 18.3 Å². The van der Waals surface area contributed by atoms with E-state index in [2.05, 4.69) is 60.3 Å². The number of furan rings is 1. The molecule has 1 aliphatic heterocycles. The topological polar surface area (TPSA) is 81.3 Å². The molecule has 0 aliphatic carbocycles. The number of thioether (sulfide) groups is 1. The van der Waals surface area contributed by atoms with Crippen LogP contribution in [0.5, 0.6) is 5.88 Å². The molecule has 0 fully saturated rings. The second-order valence-corrected chi connectivity index (χ2v) is 8.82. The van der Waals surface area contributed by atoms with E-state index in [9.17, 15) is 4.79 Å². The molecule has 4 rings (SSSR count).